The molecule has 0 bridgehead atoms. The molecule has 190 valence electrons. The van der Waals surface area contributed by atoms with Gasteiger partial charge in [-0.15, -0.1) is 0 Å². The molecule has 0 unspecified atom stereocenters. The molecule has 5 aromatic heterocycles. The molecule has 0 aromatic carbocycles. The van der Waals surface area contributed by atoms with Crippen molar-refractivity contribution in [1.82, 2.24) is 35.1 Å². The number of carbonyl (C=O) groups is 1. The Hall–Kier alpha value is -4.92. The van der Waals surface area contributed by atoms with Crippen molar-refractivity contribution >= 4 is 28.2 Å². The van der Waals surface area contributed by atoms with E-state index in [1.54, 1.807) is 37.1 Å². The minimum absolute atomic E-state index is 0.0368. The van der Waals surface area contributed by atoms with Crippen LogP contribution in [0.15, 0.2) is 74.0 Å². The Morgan fingerprint density at radius 1 is 1.11 bits per heavy atom. The molecule has 0 atom stereocenters. The number of aromatic nitrogens is 7. The van der Waals surface area contributed by atoms with Crippen LogP contribution in [0.3, 0.4) is 0 Å². The van der Waals surface area contributed by atoms with Gasteiger partial charge in [-0.3, -0.25) is 19.9 Å². The third-order valence-corrected chi connectivity index (χ3v) is 6.01. The van der Waals surface area contributed by atoms with E-state index in [2.05, 4.69) is 42.0 Å². The fourth-order valence-corrected chi connectivity index (χ4v) is 4.29. The van der Waals surface area contributed by atoms with Gasteiger partial charge < -0.3 is 10.3 Å². The monoisotopic (exact) mass is 504 g/mol. The number of hydrogen-bond donors (Lipinski definition) is 3. The highest BCUT2D eigenvalue weighted by Crippen LogP contribution is 2.31. The summed E-state index contributed by atoms with van der Waals surface area (Å²) in [6.45, 7) is 9.87. The number of imidazole rings is 1. The number of aryl methyl sites for hydroxylation is 1. The van der Waals surface area contributed by atoms with Gasteiger partial charge in [0.25, 0.3) is 0 Å². The summed E-state index contributed by atoms with van der Waals surface area (Å²) in [5.74, 6) is 0.886. The number of aromatic amines is 2. The lowest BCUT2D eigenvalue weighted by atomic mass is 10.0. The van der Waals surface area contributed by atoms with Crippen molar-refractivity contribution in [3.8, 4) is 22.6 Å². The predicted octanol–water partition coefficient (Wildman–Crippen LogP) is 5.72. The average molecular weight is 505 g/mol. The lowest BCUT2D eigenvalue weighted by molar-refractivity contribution is -0.116. The molecule has 0 aliphatic carbocycles. The Morgan fingerprint density at radius 3 is 2.66 bits per heavy atom. The molecule has 9 nitrogen and oxygen atoms in total. The highest BCUT2D eigenvalue weighted by atomic mass is 16.1. The van der Waals surface area contributed by atoms with Crippen LogP contribution >= 0.6 is 0 Å². The van der Waals surface area contributed by atoms with E-state index < -0.39 is 0 Å². The number of pyridine rings is 3. The summed E-state index contributed by atoms with van der Waals surface area (Å²) in [6.07, 6.45) is 12.8. The number of amides is 1. The first-order chi connectivity index (χ1) is 18.4. The smallest absolute Gasteiger partial charge is 0.224 e. The molecule has 9 heteroatoms. The van der Waals surface area contributed by atoms with Gasteiger partial charge in [0.1, 0.15) is 5.69 Å². The van der Waals surface area contributed by atoms with Crippen LogP contribution in [0.25, 0.3) is 39.3 Å². The first kappa shape index (κ1) is 24.8. The van der Waals surface area contributed by atoms with Crippen LogP contribution in [-0.4, -0.2) is 41.0 Å². The second-order valence-electron chi connectivity index (χ2n) is 9.41. The first-order valence-electron chi connectivity index (χ1n) is 12.3. The molecule has 0 spiro atoms. The number of rotatable bonds is 8. The van der Waals surface area contributed by atoms with Crippen molar-refractivity contribution in [1.29, 1.82) is 0 Å². The summed E-state index contributed by atoms with van der Waals surface area (Å²) in [4.78, 5) is 33.5. The van der Waals surface area contributed by atoms with E-state index in [1.807, 2.05) is 51.1 Å². The van der Waals surface area contributed by atoms with E-state index in [4.69, 9.17) is 4.98 Å². The fourth-order valence-electron chi connectivity index (χ4n) is 4.29. The second-order valence-corrected chi connectivity index (χ2v) is 9.41. The summed E-state index contributed by atoms with van der Waals surface area (Å²) in [5.41, 5.74) is 7.27. The van der Waals surface area contributed by atoms with Gasteiger partial charge in [-0.05, 0) is 42.7 Å². The Kier molecular flexibility index (Phi) is 6.90. The zero-order valence-corrected chi connectivity index (χ0v) is 21.5. The molecule has 0 aliphatic heterocycles. The van der Waals surface area contributed by atoms with Gasteiger partial charge in [0.05, 0.1) is 23.0 Å². The van der Waals surface area contributed by atoms with Crippen LogP contribution in [0.1, 0.15) is 37.2 Å². The summed E-state index contributed by atoms with van der Waals surface area (Å²) < 4.78 is 0. The molecule has 5 aromatic rings. The van der Waals surface area contributed by atoms with Gasteiger partial charge in [-0.2, -0.15) is 5.10 Å². The normalized spacial score (nSPS) is 11.7. The summed E-state index contributed by atoms with van der Waals surface area (Å²) >= 11 is 0. The summed E-state index contributed by atoms with van der Waals surface area (Å²) in [6, 6.07) is 7.78. The third-order valence-electron chi connectivity index (χ3n) is 6.01. The number of anilines is 1. The number of hydrogen-bond acceptors (Lipinski definition) is 6. The van der Waals surface area contributed by atoms with Gasteiger partial charge >= 0.3 is 0 Å². The number of nitrogens with zero attached hydrogens (tertiary/aromatic N) is 5. The standard InChI is InChI=1S/C29H28N8O/c1-5-6-23(19-7-9-30-10-8-19)26-18(4)33-29(35-26)27-24-13-21(15-32-28(24)37-36-27)20-12-22(16-31-14-20)34-25(38)11-17(2)3/h5-10,12-17H,1,11H2,2-4H3,(H,33,35)(H,34,38)(H,32,36,37)/b23-6-. The van der Waals surface area contributed by atoms with Crippen molar-refractivity contribution in [2.45, 2.75) is 27.2 Å². The lowest BCUT2D eigenvalue weighted by Gasteiger charge is -2.08. The highest BCUT2D eigenvalue weighted by molar-refractivity contribution is 5.94. The number of allylic oxidation sites excluding steroid dienone is 2. The SMILES string of the molecule is C=C/C=C(/c1ccncc1)c1nc(-c2[nH]nc3ncc(-c4cncc(NC(=O)CC(C)C)c4)cc23)[nH]c1C. The largest absolute Gasteiger partial charge is 0.340 e. The minimum Gasteiger partial charge on any atom is -0.340 e. The third kappa shape index (κ3) is 5.12. The predicted molar refractivity (Wildman–Crippen MR) is 149 cm³/mol. The number of nitrogens with one attached hydrogen (secondary N) is 3. The van der Waals surface area contributed by atoms with Gasteiger partial charge in [0.2, 0.25) is 5.91 Å². The Balaban J connectivity index is 1.51. The zero-order valence-electron chi connectivity index (χ0n) is 21.5. The molecular weight excluding hydrogens is 476 g/mol. The average Bonchev–Trinajstić information content (AvgIpc) is 3.50. The number of carbonyl (C=O) groups excluding carboxylic acids is 1. The molecule has 0 saturated heterocycles. The van der Waals surface area contributed by atoms with Crippen molar-refractivity contribution in [2.75, 3.05) is 5.32 Å². The molecule has 3 N–H and O–H groups in total. The van der Waals surface area contributed by atoms with Gasteiger partial charge in [0.15, 0.2) is 11.5 Å². The number of fused-ring (bicyclic) bond motifs is 1. The molecular formula is C29H28N8O. The van der Waals surface area contributed by atoms with Gasteiger partial charge in [-0.1, -0.05) is 32.6 Å². The summed E-state index contributed by atoms with van der Waals surface area (Å²) in [5, 5.41) is 11.2. The van der Waals surface area contributed by atoms with Crippen LogP contribution < -0.4 is 5.32 Å². The Bertz CT molecular complexity index is 1650. The van der Waals surface area contributed by atoms with Crippen LogP contribution in [0, 0.1) is 12.8 Å². The Labute approximate surface area is 220 Å². The van der Waals surface area contributed by atoms with E-state index in [9.17, 15) is 4.79 Å². The summed E-state index contributed by atoms with van der Waals surface area (Å²) in [7, 11) is 0. The van der Waals surface area contributed by atoms with E-state index in [-0.39, 0.29) is 11.8 Å². The van der Waals surface area contributed by atoms with Gasteiger partial charge in [-0.25, -0.2) is 9.97 Å². The zero-order chi connectivity index (χ0) is 26.6. The van der Waals surface area contributed by atoms with Crippen LogP contribution in [-0.2, 0) is 4.79 Å². The molecule has 0 fully saturated rings. The molecule has 0 radical (unpaired) electrons. The van der Waals surface area contributed by atoms with Crippen LogP contribution in [0.4, 0.5) is 5.69 Å². The molecule has 5 rings (SSSR count). The van der Waals surface area contributed by atoms with E-state index in [0.717, 1.165) is 44.7 Å². The van der Waals surface area contributed by atoms with E-state index in [0.29, 0.717) is 23.6 Å². The van der Waals surface area contributed by atoms with Crippen molar-refractivity contribution in [3.05, 3.63) is 90.9 Å². The quantitative estimate of drug-likeness (QED) is 0.232. The van der Waals surface area contributed by atoms with Crippen LogP contribution in [0.5, 0.6) is 0 Å². The molecule has 38 heavy (non-hydrogen) atoms. The fraction of sp³-hybridized carbons (Fsp3) is 0.172. The topological polar surface area (TPSA) is 125 Å². The second kappa shape index (κ2) is 10.6. The van der Waals surface area contributed by atoms with E-state index >= 15 is 0 Å². The molecule has 0 saturated carbocycles. The maximum absolute atomic E-state index is 12.2. The first-order valence-corrected chi connectivity index (χ1v) is 12.3. The Morgan fingerprint density at radius 2 is 1.89 bits per heavy atom. The van der Waals surface area contributed by atoms with Gasteiger partial charge in [0, 0.05) is 53.6 Å². The van der Waals surface area contributed by atoms with Crippen molar-refractivity contribution in [2.24, 2.45) is 5.92 Å². The maximum atomic E-state index is 12.2. The highest BCUT2D eigenvalue weighted by Gasteiger charge is 2.18. The van der Waals surface area contributed by atoms with Crippen molar-refractivity contribution < 1.29 is 4.79 Å². The van der Waals surface area contributed by atoms with Crippen molar-refractivity contribution in [3.63, 3.8) is 0 Å². The minimum atomic E-state index is -0.0368. The molecule has 0 aliphatic rings. The maximum Gasteiger partial charge on any atom is 0.224 e. The lowest BCUT2D eigenvalue weighted by Crippen LogP contribution is -2.13. The molecule has 1 amide bonds. The molecule has 5 heterocycles. The van der Waals surface area contributed by atoms with Crippen LogP contribution in [0.2, 0.25) is 0 Å². The van der Waals surface area contributed by atoms with E-state index in [1.165, 1.54) is 0 Å². The number of H-pyrrole nitrogens is 2.